The average Bonchev–Trinajstić information content (AvgIpc) is 3.15. The second kappa shape index (κ2) is 6.41. The number of hydrogen-bond donors (Lipinski definition) is 2. The summed E-state index contributed by atoms with van der Waals surface area (Å²) in [5, 5.41) is 7.92. The molecule has 122 valence electrons. The van der Waals surface area contributed by atoms with Crippen LogP contribution >= 0.6 is 0 Å². The van der Waals surface area contributed by atoms with Gasteiger partial charge in [0.05, 0.1) is 12.6 Å². The zero-order chi connectivity index (χ0) is 16.4. The summed E-state index contributed by atoms with van der Waals surface area (Å²) >= 11 is 0. The van der Waals surface area contributed by atoms with Gasteiger partial charge in [-0.1, -0.05) is 6.07 Å². The van der Waals surface area contributed by atoms with Crippen molar-refractivity contribution in [2.45, 2.75) is 12.5 Å². The smallest absolute Gasteiger partial charge is 0.212 e. The second-order valence-corrected chi connectivity index (χ2v) is 5.88. The van der Waals surface area contributed by atoms with Crippen molar-refractivity contribution in [1.29, 1.82) is 0 Å². The van der Waals surface area contributed by atoms with Crippen LogP contribution in [0.15, 0.2) is 42.9 Å². The molecule has 1 saturated heterocycles. The molecule has 0 radical (unpaired) electrons. The maximum absolute atomic E-state index is 5.12. The van der Waals surface area contributed by atoms with E-state index in [0.29, 0.717) is 11.9 Å². The predicted molar refractivity (Wildman–Crippen MR) is 94.2 cm³/mol. The van der Waals surface area contributed by atoms with E-state index in [-0.39, 0.29) is 0 Å². The van der Waals surface area contributed by atoms with Crippen LogP contribution in [0.5, 0.6) is 5.88 Å². The Kier molecular flexibility index (Phi) is 3.96. The third-order valence-corrected chi connectivity index (χ3v) is 4.32. The van der Waals surface area contributed by atoms with E-state index in [1.807, 2.05) is 24.4 Å². The first-order valence-electron chi connectivity index (χ1n) is 8.06. The number of hydrogen-bond acceptors (Lipinski definition) is 6. The van der Waals surface area contributed by atoms with Crippen LogP contribution < -0.4 is 15.4 Å². The summed E-state index contributed by atoms with van der Waals surface area (Å²) in [6.07, 6.45) is 4.53. The maximum Gasteiger partial charge on any atom is 0.212 e. The van der Waals surface area contributed by atoms with Gasteiger partial charge in [0.1, 0.15) is 12.1 Å². The lowest BCUT2D eigenvalue weighted by Crippen LogP contribution is -2.22. The monoisotopic (exact) mass is 321 g/mol. The van der Waals surface area contributed by atoms with Gasteiger partial charge in [-0.3, -0.25) is 0 Å². The fourth-order valence-electron chi connectivity index (χ4n) is 2.99. The van der Waals surface area contributed by atoms with E-state index >= 15 is 0 Å². The third-order valence-electron chi connectivity index (χ3n) is 4.32. The number of pyridine rings is 1. The van der Waals surface area contributed by atoms with Crippen molar-refractivity contribution in [3.05, 3.63) is 42.9 Å². The molecule has 0 amide bonds. The molecule has 6 heteroatoms. The van der Waals surface area contributed by atoms with Gasteiger partial charge >= 0.3 is 0 Å². The predicted octanol–water partition coefficient (Wildman–Crippen LogP) is 2.47. The minimum Gasteiger partial charge on any atom is -0.481 e. The SMILES string of the molecule is COc1ccc(-c2ccc3ncnc(NC4CCNC4)c3c2)cn1. The van der Waals surface area contributed by atoms with Crippen molar-refractivity contribution in [2.75, 3.05) is 25.5 Å². The molecule has 1 unspecified atom stereocenters. The number of ether oxygens (including phenoxy) is 1. The number of rotatable bonds is 4. The second-order valence-electron chi connectivity index (χ2n) is 5.88. The normalized spacial score (nSPS) is 17.1. The highest BCUT2D eigenvalue weighted by Crippen LogP contribution is 2.27. The molecule has 2 N–H and O–H groups in total. The first-order valence-corrected chi connectivity index (χ1v) is 8.06. The number of aromatic nitrogens is 3. The third kappa shape index (κ3) is 2.88. The Morgan fingerprint density at radius 3 is 2.79 bits per heavy atom. The molecule has 0 aliphatic carbocycles. The standard InChI is InChI=1S/C18H19N5O/c1-24-17-5-3-13(9-20-17)12-2-4-16-15(8-12)18(22-11-21-16)23-14-6-7-19-10-14/h2-5,8-9,11,14,19H,6-7,10H2,1H3,(H,21,22,23). The lowest BCUT2D eigenvalue weighted by molar-refractivity contribution is 0.398. The van der Waals surface area contributed by atoms with Crippen LogP contribution in [0.1, 0.15) is 6.42 Å². The number of nitrogens with zero attached hydrogens (tertiary/aromatic N) is 3. The summed E-state index contributed by atoms with van der Waals surface area (Å²) < 4.78 is 5.12. The van der Waals surface area contributed by atoms with E-state index in [1.54, 1.807) is 13.4 Å². The van der Waals surface area contributed by atoms with Crippen LogP contribution in [0.4, 0.5) is 5.82 Å². The zero-order valence-electron chi connectivity index (χ0n) is 13.5. The summed E-state index contributed by atoms with van der Waals surface area (Å²) in [6.45, 7) is 2.01. The highest BCUT2D eigenvalue weighted by molar-refractivity contribution is 5.92. The molecule has 1 aromatic carbocycles. The molecule has 1 aliphatic rings. The molecule has 24 heavy (non-hydrogen) atoms. The summed E-state index contributed by atoms with van der Waals surface area (Å²) in [7, 11) is 1.62. The molecule has 0 saturated carbocycles. The molecule has 3 aromatic rings. The Morgan fingerprint density at radius 1 is 1.12 bits per heavy atom. The van der Waals surface area contributed by atoms with Crippen LogP contribution in [0, 0.1) is 0 Å². The van der Waals surface area contributed by atoms with E-state index < -0.39 is 0 Å². The van der Waals surface area contributed by atoms with E-state index in [9.17, 15) is 0 Å². The molecule has 4 rings (SSSR count). The molecule has 0 spiro atoms. The van der Waals surface area contributed by atoms with Gasteiger partial charge in [0.2, 0.25) is 5.88 Å². The highest BCUT2D eigenvalue weighted by Gasteiger charge is 2.16. The van der Waals surface area contributed by atoms with Gasteiger partial charge in [-0.25, -0.2) is 15.0 Å². The Hall–Kier alpha value is -2.73. The molecule has 6 nitrogen and oxygen atoms in total. The van der Waals surface area contributed by atoms with Crippen molar-refractivity contribution >= 4 is 16.7 Å². The molecule has 1 atom stereocenters. The first kappa shape index (κ1) is 14.8. The average molecular weight is 321 g/mol. The Labute approximate surface area is 140 Å². The van der Waals surface area contributed by atoms with Gasteiger partial charge in [0.15, 0.2) is 0 Å². The van der Waals surface area contributed by atoms with Crippen LogP contribution in [0.3, 0.4) is 0 Å². The van der Waals surface area contributed by atoms with Crippen LogP contribution in [-0.4, -0.2) is 41.2 Å². The zero-order valence-corrected chi connectivity index (χ0v) is 13.5. The molecule has 3 heterocycles. The van der Waals surface area contributed by atoms with E-state index in [4.69, 9.17) is 4.74 Å². The number of anilines is 1. The first-order chi connectivity index (χ1) is 11.8. The largest absolute Gasteiger partial charge is 0.481 e. The van der Waals surface area contributed by atoms with E-state index in [0.717, 1.165) is 47.4 Å². The van der Waals surface area contributed by atoms with Crippen molar-refractivity contribution in [1.82, 2.24) is 20.3 Å². The Bertz CT molecular complexity index is 844. The minimum atomic E-state index is 0.411. The van der Waals surface area contributed by atoms with E-state index in [2.05, 4.69) is 37.7 Å². The van der Waals surface area contributed by atoms with E-state index in [1.165, 1.54) is 0 Å². The molecular formula is C18H19N5O. The van der Waals surface area contributed by atoms with Gasteiger partial charge in [-0.05, 0) is 36.7 Å². The Morgan fingerprint density at radius 2 is 2.04 bits per heavy atom. The van der Waals surface area contributed by atoms with Crippen LogP contribution in [0.2, 0.25) is 0 Å². The Balaban J connectivity index is 1.72. The van der Waals surface area contributed by atoms with Crippen molar-refractivity contribution < 1.29 is 4.74 Å². The van der Waals surface area contributed by atoms with Crippen LogP contribution in [-0.2, 0) is 0 Å². The van der Waals surface area contributed by atoms with Gasteiger partial charge in [-0.15, -0.1) is 0 Å². The summed E-state index contributed by atoms with van der Waals surface area (Å²) in [4.78, 5) is 13.1. The van der Waals surface area contributed by atoms with Gasteiger partial charge in [0, 0.05) is 35.8 Å². The van der Waals surface area contributed by atoms with Crippen LogP contribution in [0.25, 0.3) is 22.0 Å². The number of nitrogens with one attached hydrogen (secondary N) is 2. The topological polar surface area (TPSA) is 72.0 Å². The van der Waals surface area contributed by atoms with Gasteiger partial charge < -0.3 is 15.4 Å². The quantitative estimate of drug-likeness (QED) is 0.769. The molecule has 1 aliphatic heterocycles. The molecule has 0 bridgehead atoms. The lowest BCUT2D eigenvalue weighted by atomic mass is 10.0. The fourth-order valence-corrected chi connectivity index (χ4v) is 2.99. The maximum atomic E-state index is 5.12. The lowest BCUT2D eigenvalue weighted by Gasteiger charge is -2.14. The number of methoxy groups -OCH3 is 1. The molecule has 1 fully saturated rings. The number of fused-ring (bicyclic) bond motifs is 1. The van der Waals surface area contributed by atoms with Crippen molar-refractivity contribution in [3.8, 4) is 17.0 Å². The minimum absolute atomic E-state index is 0.411. The summed E-state index contributed by atoms with van der Waals surface area (Å²) in [5.41, 5.74) is 3.05. The van der Waals surface area contributed by atoms with Gasteiger partial charge in [0.25, 0.3) is 0 Å². The molecular weight excluding hydrogens is 302 g/mol. The number of benzene rings is 1. The van der Waals surface area contributed by atoms with Crippen molar-refractivity contribution in [2.24, 2.45) is 0 Å². The van der Waals surface area contributed by atoms with Gasteiger partial charge in [-0.2, -0.15) is 0 Å². The fraction of sp³-hybridized carbons (Fsp3) is 0.278. The highest BCUT2D eigenvalue weighted by atomic mass is 16.5. The summed E-state index contributed by atoms with van der Waals surface area (Å²) in [5.74, 6) is 1.50. The molecule has 2 aromatic heterocycles. The van der Waals surface area contributed by atoms with Crippen molar-refractivity contribution in [3.63, 3.8) is 0 Å². The summed E-state index contributed by atoms with van der Waals surface area (Å²) in [6, 6.07) is 10.5.